The van der Waals surface area contributed by atoms with Crippen LogP contribution < -0.4 is 5.12 Å². The van der Waals surface area contributed by atoms with Crippen molar-refractivity contribution in [3.63, 3.8) is 0 Å². The molecule has 1 heterocycles. The molecular weight excluding hydrogens is 445 g/mol. The fraction of sp³-hybridized carbons (Fsp3) is 0.172. The SMILES string of the molecule is CCC#CCC(Cc1ccc(C(=O)O)cc1)C(=O)N(F)c1ccccc1-c1ccc2cccc-2o1. The highest BCUT2D eigenvalue weighted by molar-refractivity contribution is 5.97. The van der Waals surface area contributed by atoms with Crippen LogP contribution in [0.1, 0.15) is 35.7 Å². The van der Waals surface area contributed by atoms with E-state index in [0.29, 0.717) is 23.5 Å². The normalized spacial score (nSPS) is 11.5. The maximum Gasteiger partial charge on any atom is 0.335 e. The van der Waals surface area contributed by atoms with Crippen molar-refractivity contribution >= 4 is 17.6 Å². The van der Waals surface area contributed by atoms with Crippen molar-refractivity contribution in [3.05, 3.63) is 90.0 Å². The van der Waals surface area contributed by atoms with Gasteiger partial charge in [0.05, 0.1) is 17.2 Å². The number of benzene rings is 2. The molecule has 0 saturated heterocycles. The van der Waals surface area contributed by atoms with Crippen molar-refractivity contribution < 1.29 is 23.6 Å². The molecule has 0 saturated carbocycles. The monoisotopic (exact) mass is 469 g/mol. The molecule has 0 spiro atoms. The number of halogens is 1. The van der Waals surface area contributed by atoms with Crippen LogP contribution in [0.5, 0.6) is 0 Å². The lowest BCUT2D eigenvalue weighted by atomic mass is 9.94. The molecule has 176 valence electrons. The van der Waals surface area contributed by atoms with Gasteiger partial charge in [-0.1, -0.05) is 47.8 Å². The number of hydrogen-bond donors (Lipinski definition) is 1. The molecule has 1 amide bonds. The summed E-state index contributed by atoms with van der Waals surface area (Å²) in [6.45, 7) is 1.90. The second-order valence-corrected chi connectivity index (χ2v) is 8.10. The van der Waals surface area contributed by atoms with Crippen LogP contribution in [0.3, 0.4) is 0 Å². The summed E-state index contributed by atoms with van der Waals surface area (Å²) in [5, 5.41) is 9.29. The van der Waals surface area contributed by atoms with Gasteiger partial charge in [0.15, 0.2) is 0 Å². The minimum Gasteiger partial charge on any atom is -0.478 e. The standard InChI is InChI=1S/C29H24FNO4/c1-2-3-4-8-23(19-20-13-15-22(16-14-20)29(33)34)28(32)31(30)25-11-6-5-10-24(25)27-18-17-21-9-7-12-26(21)35-27/h5-7,9-18,23H,2,8,19H2,1H3,(H,33,34). The van der Waals surface area contributed by atoms with E-state index < -0.39 is 17.8 Å². The van der Waals surface area contributed by atoms with Crippen LogP contribution in [-0.4, -0.2) is 17.0 Å². The van der Waals surface area contributed by atoms with E-state index in [9.17, 15) is 9.59 Å². The third kappa shape index (κ3) is 5.42. The third-order valence-corrected chi connectivity index (χ3v) is 5.70. The fourth-order valence-electron chi connectivity index (χ4n) is 3.88. The lowest BCUT2D eigenvalue weighted by Gasteiger charge is -2.21. The Morgan fingerprint density at radius 2 is 1.71 bits per heavy atom. The highest BCUT2D eigenvalue weighted by Gasteiger charge is 2.28. The van der Waals surface area contributed by atoms with E-state index in [2.05, 4.69) is 11.8 Å². The molecule has 1 aliphatic heterocycles. The molecule has 0 fully saturated rings. The Labute approximate surface area is 203 Å². The van der Waals surface area contributed by atoms with Gasteiger partial charge in [0, 0.05) is 24.0 Å². The fourth-order valence-corrected chi connectivity index (χ4v) is 3.88. The van der Waals surface area contributed by atoms with E-state index in [4.69, 9.17) is 9.52 Å². The molecule has 0 aromatic heterocycles. The number of carboxylic acids is 1. The molecule has 2 aliphatic rings. The van der Waals surface area contributed by atoms with Gasteiger partial charge in [0.2, 0.25) is 0 Å². The Hall–Kier alpha value is -4.37. The quantitative estimate of drug-likeness (QED) is 0.244. The number of carboxylic acid groups (broad SMARTS) is 1. The second kappa shape index (κ2) is 10.7. The maximum atomic E-state index is 15.7. The van der Waals surface area contributed by atoms with Crippen LogP contribution in [0.4, 0.5) is 10.2 Å². The van der Waals surface area contributed by atoms with Gasteiger partial charge in [-0.2, -0.15) is 0 Å². The average Bonchev–Trinajstić information content (AvgIpc) is 3.36. The first kappa shape index (κ1) is 23.8. The number of para-hydroxylation sites is 1. The summed E-state index contributed by atoms with van der Waals surface area (Å²) in [5.41, 5.74) is 2.35. The summed E-state index contributed by atoms with van der Waals surface area (Å²) in [6, 6.07) is 22.2. The topological polar surface area (TPSA) is 70.8 Å². The molecule has 2 aromatic carbocycles. The third-order valence-electron chi connectivity index (χ3n) is 5.70. The first-order valence-corrected chi connectivity index (χ1v) is 11.3. The van der Waals surface area contributed by atoms with Gasteiger partial charge in [-0.3, -0.25) is 4.79 Å². The van der Waals surface area contributed by atoms with Gasteiger partial charge in [0.1, 0.15) is 11.5 Å². The summed E-state index contributed by atoms with van der Waals surface area (Å²) in [5.74, 6) is 4.51. The number of hydrogen-bond acceptors (Lipinski definition) is 3. The van der Waals surface area contributed by atoms with Gasteiger partial charge >= 0.3 is 5.97 Å². The highest BCUT2D eigenvalue weighted by Crippen LogP contribution is 2.36. The van der Waals surface area contributed by atoms with Crippen molar-refractivity contribution in [1.29, 1.82) is 0 Å². The number of rotatable bonds is 7. The Kier molecular flexibility index (Phi) is 7.27. The number of amides is 1. The first-order chi connectivity index (χ1) is 17.0. The molecule has 0 bridgehead atoms. The van der Waals surface area contributed by atoms with Gasteiger partial charge in [-0.15, -0.1) is 17.0 Å². The Balaban J connectivity index is 1.63. The van der Waals surface area contributed by atoms with Gasteiger partial charge in [-0.25, -0.2) is 4.79 Å². The molecule has 0 radical (unpaired) electrons. The highest BCUT2D eigenvalue weighted by atomic mass is 19.2. The number of nitrogens with zero attached hydrogens (tertiary/aromatic N) is 1. The molecular formula is C29H24FNO4. The molecule has 1 N–H and O–H groups in total. The second-order valence-electron chi connectivity index (χ2n) is 8.10. The lowest BCUT2D eigenvalue weighted by Crippen LogP contribution is -2.31. The predicted octanol–water partition coefficient (Wildman–Crippen LogP) is 6.63. The van der Waals surface area contributed by atoms with Crippen LogP contribution in [0.25, 0.3) is 22.6 Å². The van der Waals surface area contributed by atoms with Crippen molar-refractivity contribution in [2.45, 2.75) is 26.2 Å². The van der Waals surface area contributed by atoms with E-state index in [0.717, 1.165) is 11.1 Å². The molecule has 1 unspecified atom stereocenters. The molecule has 35 heavy (non-hydrogen) atoms. The summed E-state index contributed by atoms with van der Waals surface area (Å²) in [6.07, 6.45) is 1.03. The average molecular weight is 470 g/mol. The van der Waals surface area contributed by atoms with Crippen LogP contribution >= 0.6 is 0 Å². The number of fused-ring (bicyclic) bond motifs is 1. The number of carbonyl (C=O) groups is 2. The smallest absolute Gasteiger partial charge is 0.335 e. The number of aromatic carboxylic acids is 1. The molecule has 1 aliphatic carbocycles. The number of carbonyl (C=O) groups excluding carboxylic acids is 1. The largest absolute Gasteiger partial charge is 0.478 e. The molecule has 5 nitrogen and oxygen atoms in total. The van der Waals surface area contributed by atoms with E-state index in [1.807, 2.05) is 31.2 Å². The van der Waals surface area contributed by atoms with Crippen molar-refractivity contribution in [1.82, 2.24) is 0 Å². The van der Waals surface area contributed by atoms with Crippen LogP contribution in [-0.2, 0) is 11.2 Å². The minimum atomic E-state index is -1.03. The first-order valence-electron chi connectivity index (χ1n) is 11.3. The van der Waals surface area contributed by atoms with Crippen LogP contribution in [0, 0.1) is 17.8 Å². The van der Waals surface area contributed by atoms with Crippen LogP contribution in [0.15, 0.2) is 83.3 Å². The van der Waals surface area contributed by atoms with E-state index in [1.165, 1.54) is 18.2 Å². The number of anilines is 1. The Bertz CT molecular complexity index is 1360. The molecule has 6 heteroatoms. The van der Waals surface area contributed by atoms with Crippen molar-refractivity contribution in [2.75, 3.05) is 5.12 Å². The van der Waals surface area contributed by atoms with Gasteiger partial charge in [0.25, 0.3) is 5.91 Å². The van der Waals surface area contributed by atoms with Gasteiger partial charge < -0.3 is 9.52 Å². The van der Waals surface area contributed by atoms with E-state index >= 15 is 4.48 Å². The summed E-state index contributed by atoms with van der Waals surface area (Å²) in [7, 11) is 0. The Morgan fingerprint density at radius 1 is 0.943 bits per heavy atom. The van der Waals surface area contributed by atoms with Crippen molar-refractivity contribution in [3.8, 4) is 34.5 Å². The van der Waals surface area contributed by atoms with Crippen LogP contribution in [0.2, 0.25) is 0 Å². The van der Waals surface area contributed by atoms with Crippen molar-refractivity contribution in [2.24, 2.45) is 5.92 Å². The molecule has 2 aromatic rings. The summed E-state index contributed by atoms with van der Waals surface area (Å²) in [4.78, 5) is 24.5. The van der Waals surface area contributed by atoms with E-state index in [1.54, 1.807) is 36.4 Å². The lowest BCUT2D eigenvalue weighted by molar-refractivity contribution is -0.125. The Morgan fingerprint density at radius 3 is 2.46 bits per heavy atom. The molecule has 4 rings (SSSR count). The summed E-state index contributed by atoms with van der Waals surface area (Å²) < 4.78 is 21.6. The zero-order chi connectivity index (χ0) is 24.8. The maximum absolute atomic E-state index is 15.7. The minimum absolute atomic E-state index is 0.0850. The zero-order valence-corrected chi connectivity index (χ0v) is 19.2. The summed E-state index contributed by atoms with van der Waals surface area (Å²) >= 11 is 0. The van der Waals surface area contributed by atoms with E-state index in [-0.39, 0.29) is 29.2 Å². The predicted molar refractivity (Wildman–Crippen MR) is 133 cm³/mol. The van der Waals surface area contributed by atoms with Gasteiger partial charge in [-0.05, 0) is 54.4 Å². The zero-order valence-electron chi connectivity index (χ0n) is 19.2. The molecule has 1 atom stereocenters.